The number of hydrogen-bond donors (Lipinski definition) is 2. The normalized spacial score (nSPS) is 22.8. The van der Waals surface area contributed by atoms with E-state index in [1.54, 1.807) is 0 Å². The van der Waals surface area contributed by atoms with Crippen LogP contribution < -0.4 is 11.0 Å². The zero-order chi connectivity index (χ0) is 16.5. The largest absolute Gasteiger partial charge is 0.342 e. The van der Waals surface area contributed by atoms with E-state index in [1.807, 2.05) is 33.7 Å². The smallest absolute Gasteiger partial charge is 0.326 e. The van der Waals surface area contributed by atoms with Crippen LogP contribution in [0.3, 0.4) is 0 Å². The van der Waals surface area contributed by atoms with E-state index in [4.69, 9.17) is 0 Å². The van der Waals surface area contributed by atoms with Crippen LogP contribution in [0.2, 0.25) is 0 Å². The highest BCUT2D eigenvalue weighted by atomic mass is 16.2. The molecule has 2 aromatic rings. The van der Waals surface area contributed by atoms with Gasteiger partial charge in [0.1, 0.15) is 0 Å². The summed E-state index contributed by atoms with van der Waals surface area (Å²) >= 11 is 0. The van der Waals surface area contributed by atoms with Crippen molar-refractivity contribution in [1.82, 2.24) is 19.8 Å². The molecule has 24 heavy (non-hydrogen) atoms. The molecular weight excluding hydrogens is 304 g/mol. The van der Waals surface area contributed by atoms with Crippen molar-refractivity contribution in [3.63, 3.8) is 0 Å². The molecule has 1 aromatic carbocycles. The van der Waals surface area contributed by atoms with Crippen LogP contribution in [-0.2, 0) is 4.79 Å². The van der Waals surface area contributed by atoms with Crippen LogP contribution in [0, 0.1) is 5.92 Å². The Morgan fingerprint density at radius 1 is 1.12 bits per heavy atom. The second kappa shape index (κ2) is 6.43. The van der Waals surface area contributed by atoms with Crippen molar-refractivity contribution in [1.29, 1.82) is 0 Å². The van der Waals surface area contributed by atoms with Crippen molar-refractivity contribution in [2.75, 3.05) is 26.2 Å². The first-order chi connectivity index (χ1) is 11.7. The van der Waals surface area contributed by atoms with Crippen molar-refractivity contribution in [2.45, 2.75) is 31.7 Å². The number of aromatic amines is 1. The number of para-hydroxylation sites is 2. The van der Waals surface area contributed by atoms with E-state index in [9.17, 15) is 9.59 Å². The fourth-order valence-corrected chi connectivity index (χ4v) is 4.10. The summed E-state index contributed by atoms with van der Waals surface area (Å²) in [4.78, 5) is 29.9. The van der Waals surface area contributed by atoms with Gasteiger partial charge in [-0.15, -0.1) is 0 Å². The lowest BCUT2D eigenvalue weighted by Crippen LogP contribution is -2.46. The Labute approximate surface area is 140 Å². The molecule has 4 rings (SSSR count). The molecule has 0 spiro atoms. The van der Waals surface area contributed by atoms with E-state index >= 15 is 0 Å². The molecule has 2 aliphatic heterocycles. The number of amides is 1. The number of piperidine rings is 2. The topological polar surface area (TPSA) is 70.1 Å². The maximum atomic E-state index is 12.6. The number of carbonyl (C=O) groups is 1. The lowest BCUT2D eigenvalue weighted by Gasteiger charge is -2.35. The molecule has 128 valence electrons. The predicted molar refractivity (Wildman–Crippen MR) is 93.0 cm³/mol. The molecule has 0 radical (unpaired) electrons. The van der Waals surface area contributed by atoms with Crippen molar-refractivity contribution < 1.29 is 4.79 Å². The van der Waals surface area contributed by atoms with Gasteiger partial charge in [0.05, 0.1) is 17.0 Å². The molecule has 0 aliphatic carbocycles. The summed E-state index contributed by atoms with van der Waals surface area (Å²) in [6.07, 6.45) is 3.76. The maximum Gasteiger partial charge on any atom is 0.326 e. The summed E-state index contributed by atoms with van der Waals surface area (Å²) < 4.78 is 1.87. The predicted octanol–water partition coefficient (Wildman–Crippen LogP) is 1.49. The number of nitrogens with one attached hydrogen (secondary N) is 2. The SMILES string of the molecule is O=C(C1CCCNC1)N1CCC(n2c(=O)[nH]c3ccccc32)CC1. The Hall–Kier alpha value is -2.08. The van der Waals surface area contributed by atoms with Gasteiger partial charge in [0, 0.05) is 25.7 Å². The molecule has 1 atom stereocenters. The lowest BCUT2D eigenvalue weighted by atomic mass is 9.96. The number of likely N-dealkylation sites (tertiary alicyclic amines) is 1. The summed E-state index contributed by atoms with van der Waals surface area (Å²) in [5.41, 5.74) is 1.80. The second-order valence-electron chi connectivity index (χ2n) is 6.92. The van der Waals surface area contributed by atoms with Crippen molar-refractivity contribution in [3.05, 3.63) is 34.7 Å². The number of H-pyrrole nitrogens is 1. The number of aromatic nitrogens is 2. The Balaban J connectivity index is 1.46. The molecule has 0 bridgehead atoms. The minimum atomic E-state index is -0.0440. The number of fused-ring (bicyclic) bond motifs is 1. The summed E-state index contributed by atoms with van der Waals surface area (Å²) in [6.45, 7) is 3.31. The van der Waals surface area contributed by atoms with Gasteiger partial charge in [-0.25, -0.2) is 4.79 Å². The molecule has 0 saturated carbocycles. The summed E-state index contributed by atoms with van der Waals surface area (Å²) in [5, 5.41) is 3.32. The molecule has 1 unspecified atom stereocenters. The summed E-state index contributed by atoms with van der Waals surface area (Å²) in [5.74, 6) is 0.415. The number of imidazole rings is 1. The first-order valence-electron chi connectivity index (χ1n) is 8.93. The van der Waals surface area contributed by atoms with Crippen molar-refractivity contribution in [3.8, 4) is 0 Å². The number of benzene rings is 1. The minimum Gasteiger partial charge on any atom is -0.342 e. The number of hydrogen-bond acceptors (Lipinski definition) is 3. The highest BCUT2D eigenvalue weighted by molar-refractivity contribution is 5.79. The third-order valence-electron chi connectivity index (χ3n) is 5.41. The Morgan fingerprint density at radius 3 is 2.67 bits per heavy atom. The molecule has 2 fully saturated rings. The van der Waals surface area contributed by atoms with Gasteiger partial charge in [0.2, 0.25) is 5.91 Å². The van der Waals surface area contributed by atoms with Crippen LogP contribution in [0.25, 0.3) is 11.0 Å². The van der Waals surface area contributed by atoms with Crippen LogP contribution >= 0.6 is 0 Å². The molecule has 6 nitrogen and oxygen atoms in total. The first kappa shape index (κ1) is 15.4. The van der Waals surface area contributed by atoms with Gasteiger partial charge in [0.25, 0.3) is 0 Å². The highest BCUT2D eigenvalue weighted by Crippen LogP contribution is 2.26. The van der Waals surface area contributed by atoms with Gasteiger partial charge in [-0.2, -0.15) is 0 Å². The van der Waals surface area contributed by atoms with Gasteiger partial charge in [0.15, 0.2) is 0 Å². The van der Waals surface area contributed by atoms with E-state index in [2.05, 4.69) is 10.3 Å². The maximum absolute atomic E-state index is 12.6. The van der Waals surface area contributed by atoms with Crippen LogP contribution in [0.15, 0.2) is 29.1 Å². The van der Waals surface area contributed by atoms with Gasteiger partial charge in [-0.3, -0.25) is 9.36 Å². The lowest BCUT2D eigenvalue weighted by molar-refractivity contribution is -0.137. The fourth-order valence-electron chi connectivity index (χ4n) is 4.10. The van der Waals surface area contributed by atoms with E-state index in [0.717, 1.165) is 62.9 Å². The standard InChI is InChI=1S/C18H24N4O2/c23-17(13-4-3-9-19-12-13)21-10-7-14(8-11-21)22-16-6-2-1-5-15(16)20-18(22)24/h1-2,5-6,13-14,19H,3-4,7-12H2,(H,20,24). The van der Waals surface area contributed by atoms with Crippen LogP contribution in [0.4, 0.5) is 0 Å². The molecular formula is C18H24N4O2. The Bertz CT molecular complexity index is 780. The molecule has 2 N–H and O–H groups in total. The van der Waals surface area contributed by atoms with Gasteiger partial charge >= 0.3 is 5.69 Å². The third kappa shape index (κ3) is 2.75. The number of rotatable bonds is 2. The Kier molecular flexibility index (Phi) is 4.14. The van der Waals surface area contributed by atoms with Gasteiger partial charge < -0.3 is 15.2 Å². The Morgan fingerprint density at radius 2 is 1.92 bits per heavy atom. The number of nitrogens with zero attached hydrogens (tertiary/aromatic N) is 2. The quantitative estimate of drug-likeness (QED) is 0.877. The average Bonchev–Trinajstić information content (AvgIpc) is 2.98. The summed E-state index contributed by atoms with van der Waals surface area (Å²) in [6, 6.07) is 7.98. The first-order valence-corrected chi connectivity index (χ1v) is 8.93. The average molecular weight is 328 g/mol. The van der Waals surface area contributed by atoms with Crippen molar-refractivity contribution in [2.24, 2.45) is 5.92 Å². The number of carbonyl (C=O) groups excluding carboxylic acids is 1. The van der Waals surface area contributed by atoms with Crippen LogP contribution in [-0.4, -0.2) is 46.5 Å². The molecule has 1 amide bonds. The minimum absolute atomic E-state index is 0.0440. The fraction of sp³-hybridized carbons (Fsp3) is 0.556. The van der Waals surface area contributed by atoms with Crippen molar-refractivity contribution >= 4 is 16.9 Å². The van der Waals surface area contributed by atoms with E-state index in [0.29, 0.717) is 0 Å². The molecule has 2 saturated heterocycles. The molecule has 3 heterocycles. The zero-order valence-electron chi connectivity index (χ0n) is 13.8. The highest BCUT2D eigenvalue weighted by Gasteiger charge is 2.30. The van der Waals surface area contributed by atoms with Crippen LogP contribution in [0.5, 0.6) is 0 Å². The van der Waals surface area contributed by atoms with Crippen LogP contribution in [0.1, 0.15) is 31.7 Å². The zero-order valence-corrected chi connectivity index (χ0v) is 13.8. The third-order valence-corrected chi connectivity index (χ3v) is 5.41. The van der Waals surface area contributed by atoms with E-state index in [1.165, 1.54) is 0 Å². The molecule has 1 aromatic heterocycles. The monoisotopic (exact) mass is 328 g/mol. The molecule has 6 heteroatoms. The molecule has 2 aliphatic rings. The second-order valence-corrected chi connectivity index (χ2v) is 6.92. The van der Waals surface area contributed by atoms with Gasteiger partial charge in [-0.1, -0.05) is 12.1 Å². The summed E-state index contributed by atoms with van der Waals surface area (Å²) in [7, 11) is 0. The van der Waals surface area contributed by atoms with E-state index < -0.39 is 0 Å². The van der Waals surface area contributed by atoms with Gasteiger partial charge in [-0.05, 0) is 44.4 Å². The van der Waals surface area contributed by atoms with E-state index in [-0.39, 0.29) is 23.6 Å².